The van der Waals surface area contributed by atoms with Crippen LogP contribution in [0.1, 0.15) is 55.0 Å². The molecule has 0 unspecified atom stereocenters. The van der Waals surface area contributed by atoms with E-state index < -0.39 is 9.85 Å². The van der Waals surface area contributed by atoms with Gasteiger partial charge in [-0.1, -0.05) is 43.5 Å². The first kappa shape index (κ1) is 27.1. The van der Waals surface area contributed by atoms with Crippen molar-refractivity contribution in [3.63, 3.8) is 0 Å². The molecular formula is C28H24BrN5O6. The van der Waals surface area contributed by atoms with Crippen molar-refractivity contribution in [3.8, 4) is 5.75 Å². The standard InChI is InChI=1S/C28H24BrN5O6/c29-23-14-19(15-25(34(38)39)26(23)40-17-18-7-6-10-21(13-18)33(36)37)16-30-32-27(20-8-2-1-3-9-20)31-24-12-5-4-11-22(24)28(32)35/h4-7,10-16,20H,1-3,8-9,17H2. The normalized spacial score (nSPS) is 14.0. The number of ether oxygens (including phenoxy) is 1. The van der Waals surface area contributed by atoms with E-state index in [1.165, 1.54) is 35.2 Å². The first-order valence-corrected chi connectivity index (χ1v) is 13.5. The van der Waals surface area contributed by atoms with Crippen molar-refractivity contribution in [2.24, 2.45) is 5.10 Å². The smallest absolute Gasteiger partial charge is 0.312 e. The lowest BCUT2D eigenvalue weighted by Gasteiger charge is -2.22. The van der Waals surface area contributed by atoms with Gasteiger partial charge in [0, 0.05) is 29.7 Å². The van der Waals surface area contributed by atoms with Crippen molar-refractivity contribution in [2.45, 2.75) is 44.6 Å². The second-order valence-electron chi connectivity index (χ2n) is 9.51. The summed E-state index contributed by atoms with van der Waals surface area (Å²) in [5.41, 5.74) is 0.747. The van der Waals surface area contributed by atoms with Gasteiger partial charge in [0.15, 0.2) is 0 Å². The number of rotatable bonds is 8. The molecule has 0 saturated heterocycles. The van der Waals surface area contributed by atoms with Gasteiger partial charge >= 0.3 is 5.69 Å². The van der Waals surface area contributed by atoms with E-state index in [2.05, 4.69) is 21.0 Å². The van der Waals surface area contributed by atoms with Gasteiger partial charge in [-0.3, -0.25) is 25.0 Å². The van der Waals surface area contributed by atoms with Crippen molar-refractivity contribution < 1.29 is 14.6 Å². The van der Waals surface area contributed by atoms with Crippen LogP contribution in [0.2, 0.25) is 0 Å². The molecule has 0 atom stereocenters. The summed E-state index contributed by atoms with van der Waals surface area (Å²) in [6, 6.07) is 15.9. The number of hydrogen-bond donors (Lipinski definition) is 0. The molecule has 5 rings (SSSR count). The second kappa shape index (κ2) is 11.7. The van der Waals surface area contributed by atoms with Crippen molar-refractivity contribution in [2.75, 3.05) is 0 Å². The molecule has 1 fully saturated rings. The predicted octanol–water partition coefficient (Wildman–Crippen LogP) is 6.48. The van der Waals surface area contributed by atoms with Crippen molar-refractivity contribution in [1.82, 2.24) is 9.66 Å². The fourth-order valence-corrected chi connectivity index (χ4v) is 5.45. The number of nitro benzene ring substituents is 2. The van der Waals surface area contributed by atoms with Gasteiger partial charge < -0.3 is 4.74 Å². The summed E-state index contributed by atoms with van der Waals surface area (Å²) < 4.78 is 7.32. The molecule has 12 heteroatoms. The van der Waals surface area contributed by atoms with Crippen LogP contribution in [0.4, 0.5) is 11.4 Å². The molecule has 1 saturated carbocycles. The predicted molar refractivity (Wildman–Crippen MR) is 153 cm³/mol. The molecule has 4 aromatic rings. The van der Waals surface area contributed by atoms with E-state index in [0.717, 1.165) is 32.1 Å². The number of hydrogen-bond acceptors (Lipinski definition) is 8. The van der Waals surface area contributed by atoms with Gasteiger partial charge in [0.1, 0.15) is 12.4 Å². The molecule has 3 aromatic carbocycles. The van der Waals surface area contributed by atoms with Crippen LogP contribution < -0.4 is 10.3 Å². The maximum absolute atomic E-state index is 13.4. The summed E-state index contributed by atoms with van der Waals surface area (Å²) in [5.74, 6) is 0.653. The Kier molecular flexibility index (Phi) is 7.96. The highest BCUT2D eigenvalue weighted by Crippen LogP contribution is 2.37. The third kappa shape index (κ3) is 5.76. The maximum atomic E-state index is 13.4. The number of fused-ring (bicyclic) bond motifs is 1. The van der Waals surface area contributed by atoms with Crippen LogP contribution in [0.5, 0.6) is 5.75 Å². The quantitative estimate of drug-likeness (QED) is 0.127. The number of aromatic nitrogens is 2. The monoisotopic (exact) mass is 605 g/mol. The highest BCUT2D eigenvalue weighted by Gasteiger charge is 2.23. The van der Waals surface area contributed by atoms with Crippen molar-refractivity contribution in [3.05, 3.63) is 113 Å². The molecule has 1 aliphatic rings. The fourth-order valence-electron chi connectivity index (χ4n) is 4.87. The van der Waals surface area contributed by atoms with E-state index >= 15 is 0 Å². The zero-order valence-corrected chi connectivity index (χ0v) is 22.8. The Morgan fingerprint density at radius 3 is 2.55 bits per heavy atom. The summed E-state index contributed by atoms with van der Waals surface area (Å²) >= 11 is 3.35. The molecule has 11 nitrogen and oxygen atoms in total. The molecule has 1 aromatic heterocycles. The van der Waals surface area contributed by atoms with Gasteiger partial charge in [0.2, 0.25) is 5.75 Å². The molecule has 0 amide bonds. The minimum absolute atomic E-state index is 0.0268. The molecule has 1 aliphatic carbocycles. The van der Waals surface area contributed by atoms with E-state index in [0.29, 0.717) is 32.3 Å². The largest absolute Gasteiger partial charge is 0.481 e. The second-order valence-corrected chi connectivity index (χ2v) is 10.4. The lowest BCUT2D eigenvalue weighted by molar-refractivity contribution is -0.386. The molecule has 0 aliphatic heterocycles. The molecule has 0 N–H and O–H groups in total. The number of benzene rings is 3. The first-order valence-electron chi connectivity index (χ1n) is 12.7. The van der Waals surface area contributed by atoms with Crippen molar-refractivity contribution in [1.29, 1.82) is 0 Å². The Labute approximate surface area is 236 Å². The molecule has 0 spiro atoms. The first-order chi connectivity index (χ1) is 19.3. The third-order valence-corrected chi connectivity index (χ3v) is 7.41. The summed E-state index contributed by atoms with van der Waals surface area (Å²) in [4.78, 5) is 40.1. The summed E-state index contributed by atoms with van der Waals surface area (Å²) in [7, 11) is 0. The van der Waals surface area contributed by atoms with Gasteiger partial charge in [0.25, 0.3) is 11.2 Å². The van der Waals surface area contributed by atoms with Crippen LogP contribution in [0, 0.1) is 20.2 Å². The van der Waals surface area contributed by atoms with Gasteiger partial charge in [-0.2, -0.15) is 9.78 Å². The third-order valence-electron chi connectivity index (χ3n) is 6.82. The van der Waals surface area contributed by atoms with Crippen LogP contribution in [0.15, 0.2) is 75.0 Å². The Morgan fingerprint density at radius 2 is 1.80 bits per heavy atom. The van der Waals surface area contributed by atoms with Gasteiger partial charge in [-0.25, -0.2) is 4.98 Å². The fraction of sp³-hybridized carbons (Fsp3) is 0.250. The Bertz CT molecular complexity index is 1700. The minimum Gasteiger partial charge on any atom is -0.481 e. The van der Waals surface area contributed by atoms with Crippen molar-refractivity contribution >= 4 is 44.4 Å². The number of nitro groups is 2. The van der Waals surface area contributed by atoms with E-state index in [1.54, 1.807) is 24.3 Å². The van der Waals surface area contributed by atoms with Gasteiger partial charge in [-0.05, 0) is 52.5 Å². The average molecular weight is 606 g/mol. The van der Waals surface area contributed by atoms with Crippen LogP contribution in [-0.2, 0) is 6.61 Å². The highest BCUT2D eigenvalue weighted by molar-refractivity contribution is 9.10. The molecule has 0 radical (unpaired) electrons. The number of para-hydroxylation sites is 1. The van der Waals surface area contributed by atoms with E-state index in [4.69, 9.17) is 9.72 Å². The number of nitrogens with zero attached hydrogens (tertiary/aromatic N) is 5. The van der Waals surface area contributed by atoms with Crippen LogP contribution in [0.3, 0.4) is 0 Å². The number of halogens is 1. The number of non-ortho nitro benzene ring substituents is 1. The maximum Gasteiger partial charge on any atom is 0.312 e. The SMILES string of the molecule is O=c1c2ccccc2nc(C2CCCCC2)n1N=Cc1cc(Br)c(OCc2cccc([N+](=O)[O-])c2)c([N+](=O)[O-])c1. The van der Waals surface area contributed by atoms with Crippen LogP contribution in [-0.4, -0.2) is 25.7 Å². The molecule has 1 heterocycles. The highest BCUT2D eigenvalue weighted by atomic mass is 79.9. The molecule has 204 valence electrons. The van der Waals surface area contributed by atoms with E-state index in [-0.39, 0.29) is 35.2 Å². The lowest BCUT2D eigenvalue weighted by Crippen LogP contribution is -2.25. The summed E-state index contributed by atoms with van der Waals surface area (Å²) in [6.45, 7) is -0.114. The zero-order chi connectivity index (χ0) is 28.2. The minimum atomic E-state index is -0.581. The van der Waals surface area contributed by atoms with Gasteiger partial charge in [-0.15, -0.1) is 0 Å². The Balaban J connectivity index is 1.49. The zero-order valence-electron chi connectivity index (χ0n) is 21.2. The van der Waals surface area contributed by atoms with E-state index in [1.807, 2.05) is 12.1 Å². The molecule has 40 heavy (non-hydrogen) atoms. The van der Waals surface area contributed by atoms with E-state index in [9.17, 15) is 25.0 Å². The molecule has 0 bridgehead atoms. The van der Waals surface area contributed by atoms with Crippen LogP contribution >= 0.6 is 15.9 Å². The Morgan fingerprint density at radius 1 is 1.02 bits per heavy atom. The Hall–Kier alpha value is -4.45. The topological polar surface area (TPSA) is 143 Å². The summed E-state index contributed by atoms with van der Waals surface area (Å²) in [5, 5.41) is 27.9. The van der Waals surface area contributed by atoms with Crippen LogP contribution in [0.25, 0.3) is 10.9 Å². The summed E-state index contributed by atoms with van der Waals surface area (Å²) in [6.07, 6.45) is 6.46. The lowest BCUT2D eigenvalue weighted by atomic mass is 9.88. The average Bonchev–Trinajstić information content (AvgIpc) is 2.96. The van der Waals surface area contributed by atoms with Gasteiger partial charge in [0.05, 0.1) is 31.4 Å². The molecular weight excluding hydrogens is 582 g/mol.